The average molecular weight is 158 g/mol. The van der Waals surface area contributed by atoms with E-state index in [4.69, 9.17) is 15.7 Å². The molecule has 1 rings (SSSR count). The van der Waals surface area contributed by atoms with E-state index in [1.165, 1.54) is 12.1 Å². The summed E-state index contributed by atoms with van der Waals surface area (Å²) in [5.74, 6) is -0.886. The van der Waals surface area contributed by atoms with Gasteiger partial charge in [0.15, 0.2) is 5.78 Å². The van der Waals surface area contributed by atoms with Crippen LogP contribution >= 0.6 is 0 Å². The molecule has 0 aromatic heterocycles. The quantitative estimate of drug-likeness (QED) is 0.449. The second-order valence-corrected chi connectivity index (χ2v) is 2.36. The highest BCUT2D eigenvalue weighted by molar-refractivity contribution is 6.32. The Bertz CT molecular complexity index is 312. The molecule has 56 valence electrons. The lowest BCUT2D eigenvalue weighted by atomic mass is 9.91. The van der Waals surface area contributed by atoms with Gasteiger partial charge in [-0.25, -0.2) is 4.39 Å². The maximum atomic E-state index is 12.8. The lowest BCUT2D eigenvalue weighted by Crippen LogP contribution is -2.10. The van der Waals surface area contributed by atoms with Gasteiger partial charge in [-0.05, 0) is 12.4 Å². The molecule has 0 aliphatic rings. The highest BCUT2D eigenvalue weighted by Gasteiger charge is 2.04. The van der Waals surface area contributed by atoms with E-state index in [0.717, 1.165) is 6.07 Å². The van der Waals surface area contributed by atoms with Gasteiger partial charge in [-0.2, -0.15) is 0 Å². The zero-order chi connectivity index (χ0) is 9.14. The van der Waals surface area contributed by atoms with Crippen LogP contribution in [0.25, 0.3) is 0 Å². The summed E-state index contributed by atoms with van der Waals surface area (Å²) in [5, 5.41) is 0. The van der Waals surface area contributed by atoms with E-state index in [1.807, 2.05) is 0 Å². The Balaban J connectivity index is 3.05. The molecule has 4 heteroatoms. The molecule has 0 fully saturated rings. The largest absolute Gasteiger partial charge is 0.295 e. The maximum absolute atomic E-state index is 12.8. The van der Waals surface area contributed by atoms with E-state index in [1.54, 1.807) is 0 Å². The van der Waals surface area contributed by atoms with Crippen molar-refractivity contribution in [1.82, 2.24) is 0 Å². The Hall–Kier alpha value is -1.05. The molecule has 1 aromatic carbocycles. The number of halogens is 1. The highest BCUT2D eigenvalue weighted by Crippen LogP contribution is 2.03. The molecule has 0 heterocycles. The highest BCUT2D eigenvalue weighted by atomic mass is 19.1. The molecule has 4 radical (unpaired) electrons. The number of carbonyl (C=O) groups is 1. The van der Waals surface area contributed by atoms with E-state index in [2.05, 4.69) is 0 Å². The van der Waals surface area contributed by atoms with E-state index in [-0.39, 0.29) is 23.1 Å². The summed E-state index contributed by atoms with van der Waals surface area (Å²) in [5.41, 5.74) is 0.285. The van der Waals surface area contributed by atoms with Gasteiger partial charge in [-0.3, -0.25) is 4.79 Å². The first-order chi connectivity index (χ1) is 5.65. The summed E-state index contributed by atoms with van der Waals surface area (Å²) >= 11 is 0. The van der Waals surface area contributed by atoms with Crippen LogP contribution in [0.5, 0.6) is 0 Å². The van der Waals surface area contributed by atoms with Crippen molar-refractivity contribution in [2.75, 3.05) is 0 Å². The van der Waals surface area contributed by atoms with Crippen molar-refractivity contribution in [1.29, 1.82) is 0 Å². The molecule has 0 amide bonds. The number of benzene rings is 1. The standard InChI is InChI=1S/C8H5B2FO/c9-4-8(12)5-1-2-6(10)7(11)3-5/h1-3H,4H2. The average Bonchev–Trinajstić information content (AvgIpc) is 2.08. The second-order valence-electron chi connectivity index (χ2n) is 2.36. The van der Waals surface area contributed by atoms with Gasteiger partial charge in [0.2, 0.25) is 0 Å². The molecule has 1 nitrogen and oxygen atoms in total. The van der Waals surface area contributed by atoms with Crippen LogP contribution in [-0.4, -0.2) is 21.5 Å². The molecule has 0 N–H and O–H groups in total. The smallest absolute Gasteiger partial charge is 0.154 e. The second kappa shape index (κ2) is 3.57. The fourth-order valence-electron chi connectivity index (χ4n) is 0.818. The van der Waals surface area contributed by atoms with Crippen LogP contribution < -0.4 is 5.46 Å². The first-order valence-electron chi connectivity index (χ1n) is 3.43. The minimum absolute atomic E-state index is 0.0311. The van der Waals surface area contributed by atoms with E-state index < -0.39 is 5.82 Å². The molecular formula is C8H5B2FO. The van der Waals surface area contributed by atoms with Crippen LogP contribution in [0.2, 0.25) is 6.32 Å². The molecule has 1 aromatic rings. The molecular weight excluding hydrogens is 153 g/mol. The molecule has 0 atom stereocenters. The van der Waals surface area contributed by atoms with Crippen LogP contribution in [0.4, 0.5) is 4.39 Å². The summed E-state index contributed by atoms with van der Waals surface area (Å²) in [6.07, 6.45) is -0.122. The van der Waals surface area contributed by atoms with Crippen molar-refractivity contribution in [3.05, 3.63) is 29.6 Å². The number of hydrogen-bond acceptors (Lipinski definition) is 1. The van der Waals surface area contributed by atoms with E-state index in [9.17, 15) is 9.18 Å². The van der Waals surface area contributed by atoms with Crippen molar-refractivity contribution in [3.63, 3.8) is 0 Å². The third-order valence-electron chi connectivity index (χ3n) is 1.51. The summed E-state index contributed by atoms with van der Waals surface area (Å²) in [7, 11) is 10.3. The molecule has 0 aliphatic heterocycles. The van der Waals surface area contributed by atoms with Gasteiger partial charge in [0.05, 0.1) is 7.85 Å². The number of Topliss-reactive ketones (excluding diaryl/α,β-unsaturated/α-hetero) is 1. The van der Waals surface area contributed by atoms with Gasteiger partial charge in [0.25, 0.3) is 0 Å². The topological polar surface area (TPSA) is 17.1 Å². The lowest BCUT2D eigenvalue weighted by molar-refractivity contribution is 0.101. The Kier molecular flexibility index (Phi) is 2.69. The normalized spacial score (nSPS) is 9.75. The van der Waals surface area contributed by atoms with Gasteiger partial charge >= 0.3 is 0 Å². The molecule has 0 bridgehead atoms. The summed E-state index contributed by atoms with van der Waals surface area (Å²) in [6.45, 7) is 0. The Morgan fingerprint density at radius 2 is 2.17 bits per heavy atom. The molecule has 12 heavy (non-hydrogen) atoms. The number of ketones is 1. The Morgan fingerprint density at radius 3 is 2.67 bits per heavy atom. The van der Waals surface area contributed by atoms with Crippen LogP contribution in [0.15, 0.2) is 18.2 Å². The monoisotopic (exact) mass is 158 g/mol. The third kappa shape index (κ3) is 1.76. The van der Waals surface area contributed by atoms with Crippen LogP contribution in [-0.2, 0) is 0 Å². The van der Waals surface area contributed by atoms with E-state index >= 15 is 0 Å². The maximum Gasteiger partial charge on any atom is 0.154 e. The van der Waals surface area contributed by atoms with Gasteiger partial charge < -0.3 is 0 Å². The predicted molar refractivity (Wildman–Crippen MR) is 46.7 cm³/mol. The minimum Gasteiger partial charge on any atom is -0.295 e. The Morgan fingerprint density at radius 1 is 1.50 bits per heavy atom. The first kappa shape index (κ1) is 9.04. The zero-order valence-electron chi connectivity index (χ0n) is 6.38. The van der Waals surface area contributed by atoms with Gasteiger partial charge in [-0.1, -0.05) is 17.6 Å². The SMILES string of the molecule is [B]CC(=O)c1ccc([B])c(F)c1. The summed E-state index contributed by atoms with van der Waals surface area (Å²) < 4.78 is 12.8. The van der Waals surface area contributed by atoms with Crippen molar-refractivity contribution in [3.8, 4) is 0 Å². The van der Waals surface area contributed by atoms with Gasteiger partial charge in [0.1, 0.15) is 13.7 Å². The zero-order valence-corrected chi connectivity index (χ0v) is 6.38. The predicted octanol–water partition coefficient (Wildman–Crippen LogP) is 0.389. The van der Waals surface area contributed by atoms with Crippen LogP contribution in [0, 0.1) is 5.82 Å². The number of hydrogen-bond donors (Lipinski definition) is 0. The third-order valence-corrected chi connectivity index (χ3v) is 1.51. The van der Waals surface area contributed by atoms with Crippen LogP contribution in [0.3, 0.4) is 0 Å². The van der Waals surface area contributed by atoms with E-state index in [0.29, 0.717) is 0 Å². The summed E-state index contributed by atoms with van der Waals surface area (Å²) in [6, 6.07) is 3.89. The molecule has 0 spiro atoms. The summed E-state index contributed by atoms with van der Waals surface area (Å²) in [4.78, 5) is 10.9. The number of rotatable bonds is 2. The molecule has 0 unspecified atom stereocenters. The number of carbonyl (C=O) groups excluding carboxylic acids is 1. The molecule has 0 saturated heterocycles. The molecule has 0 saturated carbocycles. The van der Waals surface area contributed by atoms with Crippen molar-refractivity contribution in [2.24, 2.45) is 0 Å². The Labute approximate surface area is 72.8 Å². The first-order valence-corrected chi connectivity index (χ1v) is 3.43. The van der Waals surface area contributed by atoms with Crippen LogP contribution in [0.1, 0.15) is 10.4 Å². The lowest BCUT2D eigenvalue weighted by Gasteiger charge is -2.00. The van der Waals surface area contributed by atoms with Crippen molar-refractivity contribution < 1.29 is 9.18 Å². The minimum atomic E-state index is -0.589. The molecule has 0 aliphatic carbocycles. The fourth-order valence-corrected chi connectivity index (χ4v) is 0.818. The fraction of sp³-hybridized carbons (Fsp3) is 0.125. The van der Waals surface area contributed by atoms with Gasteiger partial charge in [0, 0.05) is 5.56 Å². The van der Waals surface area contributed by atoms with Crippen molar-refractivity contribution >= 4 is 26.9 Å². The van der Waals surface area contributed by atoms with Crippen molar-refractivity contribution in [2.45, 2.75) is 6.32 Å². The van der Waals surface area contributed by atoms with Gasteiger partial charge in [-0.15, -0.1) is 0 Å².